The van der Waals surface area contributed by atoms with E-state index >= 15 is 0 Å². The van der Waals surface area contributed by atoms with Gasteiger partial charge in [-0.2, -0.15) is 0 Å². The molecule has 0 unspecified atom stereocenters. The van der Waals surface area contributed by atoms with Crippen molar-refractivity contribution in [3.05, 3.63) is 30.3 Å². The van der Waals surface area contributed by atoms with Crippen molar-refractivity contribution in [2.45, 2.75) is 13.8 Å². The fourth-order valence-electron chi connectivity index (χ4n) is 1.33. The molecule has 0 bridgehead atoms. The van der Waals surface area contributed by atoms with Crippen molar-refractivity contribution in [3.63, 3.8) is 0 Å². The summed E-state index contributed by atoms with van der Waals surface area (Å²) in [6, 6.07) is 5.63. The number of allylic oxidation sites excluding steroid dienone is 1. The normalized spacial score (nSPS) is 11.4. The molecule has 86 valence electrons. The Morgan fingerprint density at radius 3 is 2.62 bits per heavy atom. The van der Waals surface area contributed by atoms with Crippen LogP contribution >= 0.6 is 0 Å². The number of aliphatic hydroxyl groups is 1. The lowest BCUT2D eigenvalue weighted by Crippen LogP contribution is -1.97. The molecular formula is C13H17NO2. The highest BCUT2D eigenvalue weighted by Gasteiger charge is 2.04. The van der Waals surface area contributed by atoms with Gasteiger partial charge in [0.05, 0.1) is 19.4 Å². The number of aliphatic hydroxyl groups excluding tert-OH is 1. The first-order valence-corrected chi connectivity index (χ1v) is 5.07. The van der Waals surface area contributed by atoms with Crippen molar-refractivity contribution < 1.29 is 9.84 Å². The van der Waals surface area contributed by atoms with Crippen LogP contribution in [0.15, 0.2) is 29.8 Å². The van der Waals surface area contributed by atoms with Gasteiger partial charge in [0.2, 0.25) is 0 Å². The lowest BCUT2D eigenvalue weighted by atomic mass is 10.1. The maximum atomic E-state index is 8.97. The van der Waals surface area contributed by atoms with E-state index in [1.807, 2.05) is 25.1 Å². The smallest absolute Gasteiger partial charge is 0.121 e. The monoisotopic (exact) mass is 219 g/mol. The van der Waals surface area contributed by atoms with E-state index in [0.717, 1.165) is 22.6 Å². The number of benzene rings is 1. The van der Waals surface area contributed by atoms with Gasteiger partial charge in [0.25, 0.3) is 0 Å². The van der Waals surface area contributed by atoms with Crippen LogP contribution in [0.3, 0.4) is 0 Å². The van der Waals surface area contributed by atoms with Crippen LogP contribution in [0.1, 0.15) is 19.4 Å². The van der Waals surface area contributed by atoms with Gasteiger partial charge in [0.15, 0.2) is 0 Å². The van der Waals surface area contributed by atoms with Gasteiger partial charge in [0, 0.05) is 17.3 Å². The van der Waals surface area contributed by atoms with Crippen molar-refractivity contribution in [1.29, 1.82) is 0 Å². The summed E-state index contributed by atoms with van der Waals surface area (Å²) in [7, 11) is 1.61. The first-order chi connectivity index (χ1) is 7.58. The number of methoxy groups -OCH3 is 1. The molecule has 1 aromatic rings. The first-order valence-electron chi connectivity index (χ1n) is 5.07. The van der Waals surface area contributed by atoms with E-state index in [4.69, 9.17) is 9.84 Å². The van der Waals surface area contributed by atoms with Crippen LogP contribution in [0.5, 0.6) is 5.75 Å². The average Bonchev–Trinajstić information content (AvgIpc) is 2.28. The number of ether oxygens (including phenoxy) is 1. The molecule has 0 aliphatic heterocycles. The Labute approximate surface area is 96.1 Å². The van der Waals surface area contributed by atoms with Crippen molar-refractivity contribution in [2.75, 3.05) is 13.7 Å². The van der Waals surface area contributed by atoms with E-state index in [0.29, 0.717) is 5.71 Å². The van der Waals surface area contributed by atoms with Gasteiger partial charge in [-0.05, 0) is 31.6 Å². The summed E-state index contributed by atoms with van der Waals surface area (Å²) in [5.41, 5.74) is 3.34. The van der Waals surface area contributed by atoms with Crippen LogP contribution in [0.4, 0.5) is 5.69 Å². The molecule has 0 saturated heterocycles. The van der Waals surface area contributed by atoms with E-state index in [-0.39, 0.29) is 6.61 Å². The molecule has 0 aliphatic rings. The molecular weight excluding hydrogens is 202 g/mol. The van der Waals surface area contributed by atoms with Crippen molar-refractivity contribution in [3.8, 4) is 5.75 Å². The van der Waals surface area contributed by atoms with Crippen LogP contribution < -0.4 is 4.74 Å². The van der Waals surface area contributed by atoms with Crippen molar-refractivity contribution >= 4 is 17.0 Å². The second kappa shape index (κ2) is 5.47. The molecule has 0 saturated carbocycles. The summed E-state index contributed by atoms with van der Waals surface area (Å²) in [5, 5.41) is 8.97. The molecule has 0 aliphatic carbocycles. The molecule has 0 heterocycles. The minimum atomic E-state index is -0.0488. The fraction of sp³-hybridized carbons (Fsp3) is 0.308. The Hall–Kier alpha value is -1.61. The Kier molecular flexibility index (Phi) is 4.26. The molecule has 0 fully saturated rings. The minimum Gasteiger partial charge on any atom is -0.497 e. The topological polar surface area (TPSA) is 41.8 Å². The van der Waals surface area contributed by atoms with Crippen molar-refractivity contribution in [2.24, 2.45) is 4.99 Å². The summed E-state index contributed by atoms with van der Waals surface area (Å²) < 4.78 is 5.14. The molecule has 3 nitrogen and oxygen atoms in total. The predicted octanol–water partition coefficient (Wildman–Crippen LogP) is 2.81. The highest BCUT2D eigenvalue weighted by Crippen LogP contribution is 2.29. The molecule has 16 heavy (non-hydrogen) atoms. The van der Waals surface area contributed by atoms with Gasteiger partial charge in [-0.3, -0.25) is 4.99 Å². The largest absolute Gasteiger partial charge is 0.497 e. The predicted molar refractivity (Wildman–Crippen MR) is 67.6 cm³/mol. The Balaban J connectivity index is 3.25. The quantitative estimate of drug-likeness (QED) is 0.791. The van der Waals surface area contributed by atoms with Crippen LogP contribution in [0.2, 0.25) is 0 Å². The fourth-order valence-corrected chi connectivity index (χ4v) is 1.33. The number of aliphatic imine (C=N–C) groups is 1. The number of hydrogen-bond acceptors (Lipinski definition) is 3. The second-order valence-corrected chi connectivity index (χ2v) is 3.67. The highest BCUT2D eigenvalue weighted by atomic mass is 16.5. The Morgan fingerprint density at radius 2 is 2.12 bits per heavy atom. The van der Waals surface area contributed by atoms with Gasteiger partial charge in [-0.25, -0.2) is 0 Å². The van der Waals surface area contributed by atoms with Crippen LogP contribution in [-0.4, -0.2) is 24.5 Å². The molecule has 1 rings (SSSR count). The van der Waals surface area contributed by atoms with Gasteiger partial charge in [0.1, 0.15) is 5.75 Å². The molecule has 0 atom stereocenters. The van der Waals surface area contributed by atoms with Crippen LogP contribution in [0, 0.1) is 0 Å². The minimum absolute atomic E-state index is 0.0488. The average molecular weight is 219 g/mol. The van der Waals surface area contributed by atoms with E-state index in [1.165, 1.54) is 0 Å². The zero-order chi connectivity index (χ0) is 12.1. The molecule has 0 radical (unpaired) electrons. The lowest BCUT2D eigenvalue weighted by molar-refractivity contribution is 0.357. The third-order valence-corrected chi connectivity index (χ3v) is 2.20. The zero-order valence-electron chi connectivity index (χ0n) is 9.95. The van der Waals surface area contributed by atoms with E-state index < -0.39 is 0 Å². The maximum absolute atomic E-state index is 8.97. The van der Waals surface area contributed by atoms with Gasteiger partial charge >= 0.3 is 0 Å². The Bertz CT molecular complexity index is 422. The summed E-state index contributed by atoms with van der Waals surface area (Å²) in [6.07, 6.45) is 0. The molecule has 0 amide bonds. The first kappa shape index (κ1) is 12.5. The van der Waals surface area contributed by atoms with Gasteiger partial charge in [-0.15, -0.1) is 0 Å². The summed E-state index contributed by atoms with van der Waals surface area (Å²) in [6.45, 7) is 7.56. The highest BCUT2D eigenvalue weighted by molar-refractivity contribution is 5.87. The molecule has 1 N–H and O–H groups in total. The molecule has 0 spiro atoms. The second-order valence-electron chi connectivity index (χ2n) is 3.67. The van der Waals surface area contributed by atoms with Crippen LogP contribution in [0.25, 0.3) is 5.57 Å². The molecule has 0 aromatic heterocycles. The van der Waals surface area contributed by atoms with E-state index in [9.17, 15) is 0 Å². The summed E-state index contributed by atoms with van der Waals surface area (Å²) >= 11 is 0. The summed E-state index contributed by atoms with van der Waals surface area (Å²) in [4.78, 5) is 4.33. The lowest BCUT2D eigenvalue weighted by Gasteiger charge is -2.08. The number of nitrogens with zero attached hydrogens (tertiary/aromatic N) is 1. The maximum Gasteiger partial charge on any atom is 0.121 e. The van der Waals surface area contributed by atoms with Crippen molar-refractivity contribution in [1.82, 2.24) is 0 Å². The third kappa shape index (κ3) is 2.94. The molecule has 3 heteroatoms. The number of hydrogen-bond donors (Lipinski definition) is 1. The Morgan fingerprint density at radius 1 is 1.44 bits per heavy atom. The zero-order valence-corrected chi connectivity index (χ0v) is 9.95. The van der Waals surface area contributed by atoms with E-state index in [2.05, 4.69) is 11.6 Å². The number of rotatable bonds is 4. The summed E-state index contributed by atoms with van der Waals surface area (Å²) in [5.74, 6) is 0.745. The third-order valence-electron chi connectivity index (χ3n) is 2.20. The molecule has 1 aromatic carbocycles. The van der Waals surface area contributed by atoms with Crippen LogP contribution in [-0.2, 0) is 0 Å². The van der Waals surface area contributed by atoms with E-state index in [1.54, 1.807) is 14.0 Å². The standard InChI is InChI=1S/C13H17NO2/c1-9(2)12-6-5-11(16-4)7-13(12)14-10(3)8-15/h5-7,15H,1,8H2,2-4H3/b14-10+. The SMILES string of the molecule is C=C(C)c1ccc(OC)cc1/N=C(\C)CO. The van der Waals surface area contributed by atoms with Gasteiger partial charge < -0.3 is 9.84 Å². The van der Waals surface area contributed by atoms with Gasteiger partial charge in [-0.1, -0.05) is 6.58 Å².